The van der Waals surface area contributed by atoms with Gasteiger partial charge >= 0.3 is 0 Å². The zero-order valence-electron chi connectivity index (χ0n) is 7.89. The van der Waals surface area contributed by atoms with Crippen LogP contribution >= 0.6 is 0 Å². The zero-order chi connectivity index (χ0) is 9.19. The highest BCUT2D eigenvalue weighted by atomic mass is 32.2. The van der Waals surface area contributed by atoms with E-state index in [0.717, 1.165) is 25.2 Å². The fraction of sp³-hybridized carbons (Fsp3) is 0.875. The summed E-state index contributed by atoms with van der Waals surface area (Å²) in [6.07, 6.45) is 2.03. The molecule has 70 valence electrons. The number of amidine groups is 1. The smallest absolute Gasteiger partial charge is 0.123 e. The van der Waals surface area contributed by atoms with Crippen LogP contribution in [-0.2, 0) is 11.0 Å². The molecule has 4 heteroatoms. The van der Waals surface area contributed by atoms with Crippen LogP contribution in [0.1, 0.15) is 33.6 Å². The maximum Gasteiger partial charge on any atom is 0.123 e. The Kier molecular flexibility index (Phi) is 2.88. The van der Waals surface area contributed by atoms with E-state index in [1.807, 2.05) is 20.8 Å². The second-order valence-electron chi connectivity index (χ2n) is 3.92. The van der Waals surface area contributed by atoms with Gasteiger partial charge in [-0.25, -0.2) is 4.21 Å². The lowest BCUT2D eigenvalue weighted by Crippen LogP contribution is -2.36. The molecule has 0 aromatic carbocycles. The fourth-order valence-electron chi connectivity index (χ4n) is 0.883. The van der Waals surface area contributed by atoms with Crippen molar-refractivity contribution in [1.82, 2.24) is 4.72 Å². The van der Waals surface area contributed by atoms with Crippen LogP contribution in [-0.4, -0.2) is 21.3 Å². The minimum atomic E-state index is -1.01. The lowest BCUT2D eigenvalue weighted by atomic mass is 10.3. The summed E-state index contributed by atoms with van der Waals surface area (Å²) in [6, 6.07) is 0. The fourth-order valence-corrected chi connectivity index (χ4v) is 1.57. The van der Waals surface area contributed by atoms with Crippen molar-refractivity contribution in [2.45, 2.75) is 38.4 Å². The van der Waals surface area contributed by atoms with Gasteiger partial charge in [-0.1, -0.05) is 0 Å². The van der Waals surface area contributed by atoms with Crippen LogP contribution in [0.3, 0.4) is 0 Å². The molecular formula is C8H16N2OS. The number of aliphatic imine (C=N–C) groups is 1. The summed E-state index contributed by atoms with van der Waals surface area (Å²) in [6.45, 7) is 6.73. The quantitative estimate of drug-likeness (QED) is 0.660. The molecule has 0 fully saturated rings. The minimum Gasteiger partial charge on any atom is -0.293 e. The van der Waals surface area contributed by atoms with Gasteiger partial charge < -0.3 is 0 Å². The van der Waals surface area contributed by atoms with Crippen molar-refractivity contribution in [2.24, 2.45) is 4.99 Å². The average Bonchev–Trinajstić information content (AvgIpc) is 2.37. The number of rotatable bonds is 1. The SMILES string of the molecule is CC(C)(C)[S@@](=O)NC1=NCCC1. The average molecular weight is 188 g/mol. The lowest BCUT2D eigenvalue weighted by molar-refractivity contribution is 0.645. The monoisotopic (exact) mass is 188 g/mol. The normalized spacial score (nSPS) is 20.4. The largest absolute Gasteiger partial charge is 0.293 e. The zero-order valence-corrected chi connectivity index (χ0v) is 8.70. The molecule has 1 heterocycles. The van der Waals surface area contributed by atoms with Gasteiger partial charge in [0.1, 0.15) is 16.8 Å². The Labute approximate surface area is 76.2 Å². The van der Waals surface area contributed by atoms with Gasteiger partial charge in [-0.3, -0.25) is 9.71 Å². The van der Waals surface area contributed by atoms with Gasteiger partial charge in [0, 0.05) is 13.0 Å². The first-order valence-electron chi connectivity index (χ1n) is 4.22. The van der Waals surface area contributed by atoms with E-state index in [1.165, 1.54) is 0 Å². The van der Waals surface area contributed by atoms with E-state index in [-0.39, 0.29) is 4.75 Å². The molecule has 1 aliphatic rings. The van der Waals surface area contributed by atoms with Crippen molar-refractivity contribution in [3.05, 3.63) is 0 Å². The second kappa shape index (κ2) is 3.56. The number of hydrogen-bond donors (Lipinski definition) is 1. The first-order valence-corrected chi connectivity index (χ1v) is 5.37. The van der Waals surface area contributed by atoms with E-state index in [4.69, 9.17) is 0 Å². The van der Waals surface area contributed by atoms with Crippen molar-refractivity contribution in [2.75, 3.05) is 6.54 Å². The van der Waals surface area contributed by atoms with Crippen molar-refractivity contribution in [3.63, 3.8) is 0 Å². The summed E-state index contributed by atoms with van der Waals surface area (Å²) in [5, 5.41) is 0. The van der Waals surface area contributed by atoms with Crippen LogP contribution < -0.4 is 4.72 Å². The minimum absolute atomic E-state index is 0.203. The van der Waals surface area contributed by atoms with Crippen LogP contribution in [0.25, 0.3) is 0 Å². The Bertz CT molecular complexity index is 218. The van der Waals surface area contributed by atoms with Crippen LogP contribution in [0.4, 0.5) is 0 Å². The Balaban J connectivity index is 2.46. The molecule has 12 heavy (non-hydrogen) atoms. The summed E-state index contributed by atoms with van der Waals surface area (Å²) < 4.78 is 14.3. The standard InChI is InChI=1S/C8H16N2OS/c1-8(2,3)12(11)10-7-5-4-6-9-7/h4-6H2,1-3H3,(H,9,10)/t12-/m1/s1. The molecule has 1 rings (SSSR count). The number of nitrogens with zero attached hydrogens (tertiary/aromatic N) is 1. The molecule has 1 aliphatic heterocycles. The first kappa shape index (κ1) is 9.71. The molecule has 1 atom stereocenters. The van der Waals surface area contributed by atoms with Gasteiger partial charge in [0.25, 0.3) is 0 Å². The Morgan fingerprint density at radius 2 is 2.17 bits per heavy atom. The van der Waals surface area contributed by atoms with E-state index in [9.17, 15) is 4.21 Å². The lowest BCUT2D eigenvalue weighted by Gasteiger charge is -2.18. The molecule has 1 N–H and O–H groups in total. The van der Waals surface area contributed by atoms with Crippen molar-refractivity contribution in [3.8, 4) is 0 Å². The first-order chi connectivity index (χ1) is 5.50. The van der Waals surface area contributed by atoms with E-state index >= 15 is 0 Å². The molecule has 0 aliphatic carbocycles. The molecular weight excluding hydrogens is 172 g/mol. The van der Waals surface area contributed by atoms with E-state index in [0.29, 0.717) is 0 Å². The summed E-state index contributed by atoms with van der Waals surface area (Å²) in [4.78, 5) is 4.20. The van der Waals surface area contributed by atoms with Crippen molar-refractivity contribution >= 4 is 16.8 Å². The maximum absolute atomic E-state index is 11.5. The van der Waals surface area contributed by atoms with Crippen molar-refractivity contribution < 1.29 is 4.21 Å². The van der Waals surface area contributed by atoms with E-state index in [2.05, 4.69) is 9.71 Å². The molecule has 0 unspecified atom stereocenters. The van der Waals surface area contributed by atoms with Crippen LogP contribution in [0.15, 0.2) is 4.99 Å². The Hall–Kier alpha value is -0.380. The number of nitrogens with one attached hydrogen (secondary N) is 1. The Morgan fingerprint density at radius 3 is 2.58 bits per heavy atom. The number of hydrogen-bond acceptors (Lipinski definition) is 2. The molecule has 0 saturated carbocycles. The topological polar surface area (TPSA) is 41.5 Å². The molecule has 3 nitrogen and oxygen atoms in total. The van der Waals surface area contributed by atoms with Gasteiger partial charge in [0.2, 0.25) is 0 Å². The van der Waals surface area contributed by atoms with Crippen LogP contribution in [0, 0.1) is 0 Å². The van der Waals surface area contributed by atoms with E-state index in [1.54, 1.807) is 0 Å². The van der Waals surface area contributed by atoms with Gasteiger partial charge in [-0.05, 0) is 27.2 Å². The molecule has 0 saturated heterocycles. The van der Waals surface area contributed by atoms with Gasteiger partial charge in [0.15, 0.2) is 0 Å². The van der Waals surface area contributed by atoms with Crippen LogP contribution in [0.5, 0.6) is 0 Å². The predicted octanol–water partition coefficient (Wildman–Crippen LogP) is 1.23. The molecule has 0 bridgehead atoms. The third-order valence-corrected chi connectivity index (χ3v) is 3.17. The highest BCUT2D eigenvalue weighted by Gasteiger charge is 2.21. The summed E-state index contributed by atoms with van der Waals surface area (Å²) in [5.74, 6) is 0.906. The third-order valence-electron chi connectivity index (χ3n) is 1.64. The highest BCUT2D eigenvalue weighted by molar-refractivity contribution is 7.85. The molecule has 0 radical (unpaired) electrons. The van der Waals surface area contributed by atoms with Crippen molar-refractivity contribution in [1.29, 1.82) is 0 Å². The summed E-state index contributed by atoms with van der Waals surface area (Å²) in [5.41, 5.74) is 0. The van der Waals surface area contributed by atoms with Crippen LogP contribution in [0.2, 0.25) is 0 Å². The van der Waals surface area contributed by atoms with Gasteiger partial charge in [0.05, 0.1) is 4.75 Å². The van der Waals surface area contributed by atoms with E-state index < -0.39 is 11.0 Å². The molecule has 0 amide bonds. The third kappa shape index (κ3) is 2.59. The molecule has 0 aromatic rings. The molecule has 0 aromatic heterocycles. The maximum atomic E-state index is 11.5. The summed E-state index contributed by atoms with van der Waals surface area (Å²) >= 11 is 0. The predicted molar refractivity (Wildman–Crippen MR) is 52.6 cm³/mol. The van der Waals surface area contributed by atoms with Gasteiger partial charge in [-0.15, -0.1) is 0 Å². The van der Waals surface area contributed by atoms with Gasteiger partial charge in [-0.2, -0.15) is 0 Å². The highest BCUT2D eigenvalue weighted by Crippen LogP contribution is 2.10. The summed E-state index contributed by atoms with van der Waals surface area (Å²) in [7, 11) is -1.01. The molecule has 0 spiro atoms. The second-order valence-corrected chi connectivity index (χ2v) is 5.88. The Morgan fingerprint density at radius 1 is 1.50 bits per heavy atom.